The standard InChI is InChI=1S/C12H7NO3/c14-8-5-6-10-12(7-8)16-11-4-2-1-3-9(11)13(10)15/h1-7H. The predicted molar refractivity (Wildman–Crippen MR) is 58.1 cm³/mol. The molecular formula is C12H7NO3. The number of hydrogen-bond acceptors (Lipinski definition) is 3. The topological polar surface area (TPSA) is 57.1 Å². The molecule has 4 heteroatoms. The van der Waals surface area contributed by atoms with Gasteiger partial charge in [-0.15, -0.1) is 0 Å². The summed E-state index contributed by atoms with van der Waals surface area (Å²) in [6.45, 7) is 0. The molecule has 1 aliphatic heterocycles. The lowest BCUT2D eigenvalue weighted by atomic mass is 10.2. The monoisotopic (exact) mass is 213 g/mol. The summed E-state index contributed by atoms with van der Waals surface area (Å²) in [5, 5.41) is 12.0. The molecular weight excluding hydrogens is 206 g/mol. The first-order chi connectivity index (χ1) is 7.75. The molecule has 16 heavy (non-hydrogen) atoms. The maximum atomic E-state index is 12.0. The van der Waals surface area contributed by atoms with Crippen molar-refractivity contribution >= 4 is 11.1 Å². The molecule has 2 aliphatic rings. The van der Waals surface area contributed by atoms with Crippen molar-refractivity contribution in [2.24, 2.45) is 0 Å². The van der Waals surface area contributed by atoms with E-state index in [0.717, 1.165) is 4.73 Å². The van der Waals surface area contributed by atoms with Gasteiger partial charge in [-0.2, -0.15) is 4.73 Å². The van der Waals surface area contributed by atoms with Gasteiger partial charge in [0.05, 0.1) is 0 Å². The normalized spacial score (nSPS) is 11.0. The minimum atomic E-state index is -0.175. The summed E-state index contributed by atoms with van der Waals surface area (Å²) in [6.07, 6.45) is 0. The summed E-state index contributed by atoms with van der Waals surface area (Å²) < 4.78 is 6.26. The van der Waals surface area contributed by atoms with Crippen LogP contribution in [0.15, 0.2) is 51.7 Å². The van der Waals surface area contributed by atoms with E-state index in [1.165, 1.54) is 18.2 Å². The van der Waals surface area contributed by atoms with Gasteiger partial charge in [-0.1, -0.05) is 12.1 Å². The summed E-state index contributed by atoms with van der Waals surface area (Å²) >= 11 is 0. The average Bonchev–Trinajstić information content (AvgIpc) is 2.29. The lowest BCUT2D eigenvalue weighted by Gasteiger charge is -2.07. The number of hydrogen-bond donors (Lipinski definition) is 0. The van der Waals surface area contributed by atoms with Gasteiger partial charge in [-0.3, -0.25) is 4.79 Å². The molecule has 0 saturated carbocycles. The molecule has 3 rings (SSSR count). The molecule has 0 amide bonds. The average molecular weight is 213 g/mol. The van der Waals surface area contributed by atoms with Crippen LogP contribution in [0, 0.1) is 5.21 Å². The van der Waals surface area contributed by atoms with Gasteiger partial charge in [0.15, 0.2) is 11.0 Å². The Kier molecular flexibility index (Phi) is 1.71. The van der Waals surface area contributed by atoms with Crippen LogP contribution in [0.25, 0.3) is 22.6 Å². The van der Waals surface area contributed by atoms with E-state index in [1.54, 1.807) is 24.3 Å². The molecule has 0 spiro atoms. The van der Waals surface area contributed by atoms with E-state index < -0.39 is 0 Å². The summed E-state index contributed by atoms with van der Waals surface area (Å²) in [7, 11) is 0. The lowest BCUT2D eigenvalue weighted by Crippen LogP contribution is -2.31. The second kappa shape index (κ2) is 3.06. The second-order valence-electron chi connectivity index (χ2n) is 3.49. The van der Waals surface area contributed by atoms with E-state index in [0.29, 0.717) is 22.6 Å². The number of rotatable bonds is 0. The van der Waals surface area contributed by atoms with Crippen LogP contribution in [0.1, 0.15) is 0 Å². The van der Waals surface area contributed by atoms with Crippen molar-refractivity contribution < 1.29 is 9.15 Å². The third-order valence-electron chi connectivity index (χ3n) is 2.45. The Labute approximate surface area is 90.3 Å². The van der Waals surface area contributed by atoms with Crippen molar-refractivity contribution in [1.82, 2.24) is 0 Å². The summed E-state index contributed by atoms with van der Waals surface area (Å²) in [5.74, 6) is 0.307. The third-order valence-corrected chi connectivity index (χ3v) is 2.45. The van der Waals surface area contributed by atoms with E-state index in [-0.39, 0.29) is 5.43 Å². The Morgan fingerprint density at radius 3 is 2.81 bits per heavy atom. The van der Waals surface area contributed by atoms with Crippen LogP contribution in [0.3, 0.4) is 0 Å². The van der Waals surface area contributed by atoms with Crippen LogP contribution < -0.4 is 10.2 Å². The van der Waals surface area contributed by atoms with Gasteiger partial charge < -0.3 is 9.62 Å². The molecule has 1 aliphatic carbocycles. The highest BCUT2D eigenvalue weighted by Crippen LogP contribution is 2.20. The summed E-state index contributed by atoms with van der Waals surface area (Å²) in [6, 6.07) is 11.0. The Balaban J connectivity index is 2.56. The maximum absolute atomic E-state index is 12.0. The van der Waals surface area contributed by atoms with E-state index in [2.05, 4.69) is 0 Å². The molecule has 0 saturated heterocycles. The molecule has 4 nitrogen and oxygen atoms in total. The van der Waals surface area contributed by atoms with E-state index in [9.17, 15) is 10.0 Å². The van der Waals surface area contributed by atoms with Crippen molar-refractivity contribution in [3.8, 4) is 11.5 Å². The van der Waals surface area contributed by atoms with Crippen LogP contribution in [-0.2, 0) is 0 Å². The molecule has 1 heterocycles. The van der Waals surface area contributed by atoms with Gasteiger partial charge in [-0.25, -0.2) is 0 Å². The van der Waals surface area contributed by atoms with Crippen LogP contribution in [0.2, 0.25) is 0 Å². The van der Waals surface area contributed by atoms with Gasteiger partial charge in [0.25, 0.3) is 11.2 Å². The Morgan fingerprint density at radius 1 is 1.12 bits per heavy atom. The number of aromatic nitrogens is 1. The fourth-order valence-electron chi connectivity index (χ4n) is 1.70. The summed E-state index contributed by atoms with van der Waals surface area (Å²) in [5.41, 5.74) is 1.11. The smallest absolute Gasteiger partial charge is 0.260 e. The van der Waals surface area contributed by atoms with E-state index in [1.807, 2.05) is 0 Å². The van der Waals surface area contributed by atoms with Crippen molar-refractivity contribution in [2.45, 2.75) is 0 Å². The van der Waals surface area contributed by atoms with Crippen molar-refractivity contribution in [3.63, 3.8) is 0 Å². The fraction of sp³-hybridized carbons (Fsp3) is 0. The zero-order valence-electron chi connectivity index (χ0n) is 8.21. The molecule has 0 atom stereocenters. The van der Waals surface area contributed by atoms with Gasteiger partial charge in [-0.05, 0) is 12.1 Å². The number of fused-ring (bicyclic) bond motifs is 2. The Bertz CT molecular complexity index is 702. The highest BCUT2D eigenvalue weighted by molar-refractivity contribution is 5.71. The molecule has 78 valence electrons. The van der Waals surface area contributed by atoms with Crippen molar-refractivity contribution in [2.75, 3.05) is 0 Å². The highest BCUT2D eigenvalue weighted by Gasteiger charge is 2.18. The largest absolute Gasteiger partial charge is 0.618 e. The minimum absolute atomic E-state index is 0.175. The molecule has 0 radical (unpaired) electrons. The maximum Gasteiger partial charge on any atom is 0.260 e. The van der Waals surface area contributed by atoms with Gasteiger partial charge in [0.2, 0.25) is 5.76 Å². The molecule has 0 unspecified atom stereocenters. The molecule has 1 aromatic carbocycles. The SMILES string of the molecule is O=c1ccc2[n+]([O-])c3ccccc3oc-2c1. The van der Waals surface area contributed by atoms with Crippen molar-refractivity contribution in [1.29, 1.82) is 0 Å². The molecule has 0 fully saturated rings. The number of nitrogens with zero attached hydrogens (tertiary/aromatic N) is 1. The highest BCUT2D eigenvalue weighted by atomic mass is 16.5. The Hall–Kier alpha value is -2.36. The van der Waals surface area contributed by atoms with Crippen LogP contribution >= 0.6 is 0 Å². The lowest BCUT2D eigenvalue weighted by molar-refractivity contribution is -0.566. The molecule has 1 aromatic rings. The first kappa shape index (κ1) is 8.91. The van der Waals surface area contributed by atoms with Gasteiger partial charge in [0.1, 0.15) is 0 Å². The minimum Gasteiger partial charge on any atom is -0.618 e. The number of para-hydroxylation sites is 2. The van der Waals surface area contributed by atoms with Crippen LogP contribution in [0.5, 0.6) is 0 Å². The number of benzene rings is 2. The Morgan fingerprint density at radius 2 is 1.94 bits per heavy atom. The van der Waals surface area contributed by atoms with E-state index >= 15 is 0 Å². The van der Waals surface area contributed by atoms with Gasteiger partial charge in [0, 0.05) is 18.2 Å². The third kappa shape index (κ3) is 1.16. The van der Waals surface area contributed by atoms with E-state index in [4.69, 9.17) is 4.42 Å². The second-order valence-corrected chi connectivity index (χ2v) is 3.49. The molecule has 0 bridgehead atoms. The quantitative estimate of drug-likeness (QED) is 0.323. The molecule has 0 N–H and O–H groups in total. The summed E-state index contributed by atoms with van der Waals surface area (Å²) in [4.78, 5) is 11.2. The van der Waals surface area contributed by atoms with Crippen molar-refractivity contribution in [3.05, 3.63) is 57.9 Å². The fourth-order valence-corrected chi connectivity index (χ4v) is 1.70. The first-order valence-corrected chi connectivity index (χ1v) is 4.81. The zero-order valence-corrected chi connectivity index (χ0v) is 8.21. The zero-order chi connectivity index (χ0) is 11.1. The van der Waals surface area contributed by atoms with Crippen LogP contribution in [-0.4, -0.2) is 0 Å². The van der Waals surface area contributed by atoms with Gasteiger partial charge >= 0.3 is 0 Å². The molecule has 0 aromatic heterocycles. The predicted octanol–water partition coefficient (Wildman–Crippen LogP) is 1.53. The van der Waals surface area contributed by atoms with Crippen LogP contribution in [0.4, 0.5) is 0 Å². The first-order valence-electron chi connectivity index (χ1n) is 4.81.